The molecule has 0 saturated carbocycles. The Kier molecular flexibility index (Phi) is 6.81. The molecule has 1 fully saturated rings. The summed E-state index contributed by atoms with van der Waals surface area (Å²) in [6, 6.07) is -0.468. The number of rotatable bonds is 9. The zero-order chi connectivity index (χ0) is 16.0. The molecule has 1 aliphatic heterocycles. The highest BCUT2D eigenvalue weighted by atomic mass is 16.4. The Hall–Kier alpha value is -1.43. The number of carboxylic acid groups (broad SMARTS) is 1. The van der Waals surface area contributed by atoms with E-state index in [2.05, 4.69) is 5.32 Å². The molecule has 0 spiro atoms. The van der Waals surface area contributed by atoms with Gasteiger partial charge in [0.05, 0.1) is 12.5 Å². The smallest absolute Gasteiger partial charge is 0.303 e. The van der Waals surface area contributed by atoms with Gasteiger partial charge in [-0.05, 0) is 38.6 Å². The third kappa shape index (κ3) is 5.12. The number of hydrogen-bond acceptors (Lipinski definition) is 4. The lowest BCUT2D eigenvalue weighted by atomic mass is 10.0. The fourth-order valence-electron chi connectivity index (χ4n) is 2.47. The monoisotopic (exact) mass is 298 g/mol. The van der Waals surface area contributed by atoms with E-state index in [4.69, 9.17) is 5.11 Å². The van der Waals surface area contributed by atoms with E-state index in [-0.39, 0.29) is 36.6 Å². The second-order valence-corrected chi connectivity index (χ2v) is 5.90. The first kappa shape index (κ1) is 17.6. The third-order valence-corrected chi connectivity index (χ3v) is 4.09. The Labute approximate surface area is 125 Å². The van der Waals surface area contributed by atoms with Crippen LogP contribution in [0.2, 0.25) is 0 Å². The molecule has 6 heteroatoms. The minimum Gasteiger partial charge on any atom is -0.481 e. The Balaban J connectivity index is 2.35. The van der Waals surface area contributed by atoms with E-state index in [1.54, 1.807) is 0 Å². The quantitative estimate of drug-likeness (QED) is 0.628. The predicted octanol–water partition coefficient (Wildman–Crippen LogP) is 1.39. The van der Waals surface area contributed by atoms with Gasteiger partial charge in [-0.3, -0.25) is 19.3 Å². The van der Waals surface area contributed by atoms with Crippen molar-refractivity contribution in [2.24, 2.45) is 5.92 Å². The first-order chi connectivity index (χ1) is 9.86. The molecule has 1 aliphatic rings. The number of carboxylic acids is 1. The molecule has 0 aromatic carbocycles. The van der Waals surface area contributed by atoms with E-state index in [1.807, 2.05) is 20.8 Å². The van der Waals surface area contributed by atoms with E-state index >= 15 is 0 Å². The predicted molar refractivity (Wildman–Crippen MR) is 78.7 cm³/mol. The van der Waals surface area contributed by atoms with Crippen LogP contribution in [0.15, 0.2) is 0 Å². The van der Waals surface area contributed by atoms with Crippen molar-refractivity contribution in [3.63, 3.8) is 0 Å². The molecule has 0 bridgehead atoms. The Morgan fingerprint density at radius 1 is 1.38 bits per heavy atom. The number of amides is 2. The fourth-order valence-corrected chi connectivity index (χ4v) is 2.47. The van der Waals surface area contributed by atoms with Gasteiger partial charge in [0.25, 0.3) is 0 Å². The van der Waals surface area contributed by atoms with Crippen LogP contribution in [0.5, 0.6) is 0 Å². The molecule has 2 amide bonds. The second kappa shape index (κ2) is 8.12. The molecular formula is C15H26N2O4. The Morgan fingerprint density at radius 3 is 2.62 bits per heavy atom. The number of nitrogens with one attached hydrogen (secondary N) is 1. The van der Waals surface area contributed by atoms with Crippen molar-refractivity contribution in [1.29, 1.82) is 0 Å². The average Bonchev–Trinajstić information content (AvgIpc) is 2.70. The van der Waals surface area contributed by atoms with Crippen LogP contribution in [0.3, 0.4) is 0 Å². The van der Waals surface area contributed by atoms with Crippen LogP contribution in [-0.4, -0.2) is 46.4 Å². The number of carbonyl (C=O) groups is 3. The maximum absolute atomic E-state index is 12.2. The van der Waals surface area contributed by atoms with E-state index in [1.165, 1.54) is 4.90 Å². The number of imide groups is 1. The van der Waals surface area contributed by atoms with E-state index in [9.17, 15) is 14.4 Å². The van der Waals surface area contributed by atoms with E-state index < -0.39 is 12.0 Å². The largest absolute Gasteiger partial charge is 0.481 e. The molecule has 1 heterocycles. The summed E-state index contributed by atoms with van der Waals surface area (Å²) in [6.45, 7) is 6.46. The number of aliphatic carboxylic acids is 1. The molecular weight excluding hydrogens is 272 g/mol. The van der Waals surface area contributed by atoms with Gasteiger partial charge in [0.15, 0.2) is 0 Å². The van der Waals surface area contributed by atoms with Gasteiger partial charge in [0.2, 0.25) is 11.8 Å². The van der Waals surface area contributed by atoms with Crippen molar-refractivity contribution >= 4 is 17.8 Å². The Bertz CT molecular complexity index is 397. The van der Waals surface area contributed by atoms with Crippen molar-refractivity contribution in [3.05, 3.63) is 0 Å². The molecule has 0 radical (unpaired) electrons. The van der Waals surface area contributed by atoms with Crippen molar-refractivity contribution in [2.45, 2.75) is 65.0 Å². The van der Waals surface area contributed by atoms with Gasteiger partial charge < -0.3 is 10.4 Å². The molecule has 0 aliphatic carbocycles. The molecule has 1 rings (SSSR count). The van der Waals surface area contributed by atoms with Crippen LogP contribution in [0.25, 0.3) is 0 Å². The molecule has 6 nitrogen and oxygen atoms in total. The van der Waals surface area contributed by atoms with Gasteiger partial charge in [-0.1, -0.05) is 13.8 Å². The van der Waals surface area contributed by atoms with Crippen LogP contribution in [0.4, 0.5) is 0 Å². The lowest BCUT2D eigenvalue weighted by molar-refractivity contribution is -0.141. The SMILES string of the molecule is CCC(C)N1C(=O)CC(NCCC(C)CCC(=O)O)C1=O. The second-order valence-electron chi connectivity index (χ2n) is 5.90. The summed E-state index contributed by atoms with van der Waals surface area (Å²) >= 11 is 0. The van der Waals surface area contributed by atoms with Crippen molar-refractivity contribution in [1.82, 2.24) is 10.2 Å². The topological polar surface area (TPSA) is 86.7 Å². The maximum Gasteiger partial charge on any atom is 0.303 e. The first-order valence-corrected chi connectivity index (χ1v) is 7.67. The molecule has 3 unspecified atom stereocenters. The van der Waals surface area contributed by atoms with Crippen molar-refractivity contribution in [3.8, 4) is 0 Å². The minimum absolute atomic E-state index is 0.0497. The summed E-state index contributed by atoms with van der Waals surface area (Å²) in [5, 5.41) is 11.8. The molecule has 0 aromatic rings. The molecule has 120 valence electrons. The fraction of sp³-hybridized carbons (Fsp3) is 0.800. The van der Waals surface area contributed by atoms with Gasteiger partial charge in [0.1, 0.15) is 0 Å². The van der Waals surface area contributed by atoms with Gasteiger partial charge in [-0.15, -0.1) is 0 Å². The van der Waals surface area contributed by atoms with Crippen LogP contribution in [-0.2, 0) is 14.4 Å². The van der Waals surface area contributed by atoms with Crippen LogP contribution < -0.4 is 5.32 Å². The van der Waals surface area contributed by atoms with Crippen LogP contribution >= 0.6 is 0 Å². The van der Waals surface area contributed by atoms with Crippen molar-refractivity contribution in [2.75, 3.05) is 6.54 Å². The number of hydrogen-bond donors (Lipinski definition) is 2. The zero-order valence-corrected chi connectivity index (χ0v) is 13.1. The van der Waals surface area contributed by atoms with Gasteiger partial charge >= 0.3 is 5.97 Å². The highest BCUT2D eigenvalue weighted by Gasteiger charge is 2.40. The summed E-state index contributed by atoms with van der Waals surface area (Å²) in [7, 11) is 0. The summed E-state index contributed by atoms with van der Waals surface area (Å²) in [6.07, 6.45) is 2.59. The number of nitrogens with zero attached hydrogens (tertiary/aromatic N) is 1. The average molecular weight is 298 g/mol. The van der Waals surface area contributed by atoms with Crippen LogP contribution in [0, 0.1) is 5.92 Å². The summed E-state index contributed by atoms with van der Waals surface area (Å²) in [4.78, 5) is 35.9. The van der Waals surface area contributed by atoms with Gasteiger partial charge in [0, 0.05) is 12.5 Å². The first-order valence-electron chi connectivity index (χ1n) is 7.67. The van der Waals surface area contributed by atoms with E-state index in [0.29, 0.717) is 13.0 Å². The highest BCUT2D eigenvalue weighted by molar-refractivity contribution is 6.05. The van der Waals surface area contributed by atoms with E-state index in [0.717, 1.165) is 12.8 Å². The number of likely N-dealkylation sites (tertiary alicyclic amines) is 1. The summed E-state index contributed by atoms with van der Waals surface area (Å²) in [5.41, 5.74) is 0. The lowest BCUT2D eigenvalue weighted by Gasteiger charge is -2.21. The molecule has 21 heavy (non-hydrogen) atoms. The van der Waals surface area contributed by atoms with Gasteiger partial charge in [-0.25, -0.2) is 0 Å². The standard InChI is InChI=1S/C15H26N2O4/c1-4-11(3)17-13(18)9-12(15(17)21)16-8-7-10(2)5-6-14(19)20/h10-12,16H,4-9H2,1-3H3,(H,19,20). The summed E-state index contributed by atoms with van der Waals surface area (Å²) in [5.74, 6) is -0.736. The minimum atomic E-state index is -0.782. The normalized spacial score (nSPS) is 21.7. The molecule has 3 atom stereocenters. The van der Waals surface area contributed by atoms with Crippen molar-refractivity contribution < 1.29 is 19.5 Å². The third-order valence-electron chi connectivity index (χ3n) is 4.09. The maximum atomic E-state index is 12.2. The molecule has 0 aromatic heterocycles. The molecule has 2 N–H and O–H groups in total. The summed E-state index contributed by atoms with van der Waals surface area (Å²) < 4.78 is 0. The van der Waals surface area contributed by atoms with Gasteiger partial charge in [-0.2, -0.15) is 0 Å². The zero-order valence-electron chi connectivity index (χ0n) is 13.1. The Morgan fingerprint density at radius 2 is 2.05 bits per heavy atom. The highest BCUT2D eigenvalue weighted by Crippen LogP contribution is 2.18. The lowest BCUT2D eigenvalue weighted by Crippen LogP contribution is -2.43. The number of carbonyl (C=O) groups excluding carboxylic acids is 2. The van der Waals surface area contributed by atoms with Crippen LogP contribution in [0.1, 0.15) is 52.9 Å². The molecule has 1 saturated heterocycles.